The Bertz CT molecular complexity index is 770. The second-order valence-electron chi connectivity index (χ2n) is 5.99. The lowest BCUT2D eigenvalue weighted by molar-refractivity contribution is 0.0907. The molecule has 2 aromatic carbocycles. The van der Waals surface area contributed by atoms with E-state index in [-0.39, 0.29) is 11.6 Å². The van der Waals surface area contributed by atoms with Crippen molar-refractivity contribution < 1.29 is 9.59 Å². The van der Waals surface area contributed by atoms with Crippen molar-refractivity contribution in [3.63, 3.8) is 0 Å². The minimum atomic E-state index is -0.607. The van der Waals surface area contributed by atoms with Gasteiger partial charge in [-0.2, -0.15) is 0 Å². The van der Waals surface area contributed by atoms with E-state index in [0.29, 0.717) is 0 Å². The maximum absolute atomic E-state index is 12.4. The first-order valence-electron chi connectivity index (χ1n) is 8.54. The van der Waals surface area contributed by atoms with Crippen molar-refractivity contribution in [3.05, 3.63) is 109 Å². The first kappa shape index (κ1) is 21.0. The van der Waals surface area contributed by atoms with Crippen molar-refractivity contribution in [1.29, 1.82) is 0 Å². The van der Waals surface area contributed by atoms with E-state index in [9.17, 15) is 9.59 Å². The first-order valence-corrected chi connectivity index (χ1v) is 8.54. The number of carbonyl (C=O) groups excluding carboxylic acids is 2. The number of carbonyl (C=O) groups is 2. The third-order valence-electron chi connectivity index (χ3n) is 3.80. The molecule has 0 radical (unpaired) electrons. The molecule has 0 bridgehead atoms. The van der Waals surface area contributed by atoms with Crippen LogP contribution >= 0.6 is 0 Å². The molecular weight excluding hydrogens is 320 g/mol. The number of hydrogen-bond acceptors (Lipinski definition) is 2. The third kappa shape index (κ3) is 6.48. The van der Waals surface area contributed by atoms with Gasteiger partial charge in [-0.05, 0) is 20.8 Å². The van der Waals surface area contributed by atoms with E-state index in [4.69, 9.17) is 0 Å². The molecule has 2 aromatic rings. The molecule has 26 heavy (non-hydrogen) atoms. The summed E-state index contributed by atoms with van der Waals surface area (Å²) < 4.78 is 0. The van der Waals surface area contributed by atoms with Crippen molar-refractivity contribution in [2.75, 3.05) is 0 Å². The molecule has 2 rings (SSSR count). The molecule has 0 aromatic heterocycles. The van der Waals surface area contributed by atoms with Gasteiger partial charge in [-0.3, -0.25) is 9.59 Å². The zero-order valence-electron chi connectivity index (χ0n) is 15.7. The van der Waals surface area contributed by atoms with Crippen LogP contribution in [-0.4, -0.2) is 11.6 Å². The van der Waals surface area contributed by atoms with Gasteiger partial charge in [0, 0.05) is 11.1 Å². The van der Waals surface area contributed by atoms with Crippen molar-refractivity contribution in [2.45, 2.75) is 20.8 Å². The molecule has 2 heteroatoms. The number of rotatable bonds is 6. The fraction of sp³-hybridized carbons (Fsp3) is 0.167. The molecule has 0 aliphatic heterocycles. The van der Waals surface area contributed by atoms with Crippen LogP contribution in [0.15, 0.2) is 97.6 Å². The molecule has 1 atom stereocenters. The summed E-state index contributed by atoms with van der Waals surface area (Å²) in [4.78, 5) is 23.1. The van der Waals surface area contributed by atoms with Crippen LogP contribution in [0.1, 0.15) is 41.5 Å². The highest BCUT2D eigenvalue weighted by molar-refractivity contribution is 6.02. The minimum absolute atomic E-state index is 0.0919. The van der Waals surface area contributed by atoms with E-state index < -0.39 is 5.41 Å². The Hall–Kier alpha value is -3.00. The van der Waals surface area contributed by atoms with E-state index >= 15 is 0 Å². The average Bonchev–Trinajstić information content (AvgIpc) is 2.68. The molecule has 0 saturated heterocycles. The van der Waals surface area contributed by atoms with Crippen molar-refractivity contribution >= 4 is 11.6 Å². The highest BCUT2D eigenvalue weighted by Gasteiger charge is 2.27. The largest absolute Gasteiger partial charge is 0.295 e. The zero-order valence-corrected chi connectivity index (χ0v) is 15.7. The maximum Gasteiger partial charge on any atom is 0.176 e. The summed E-state index contributed by atoms with van der Waals surface area (Å²) in [7, 11) is 0. The Morgan fingerprint density at radius 3 is 1.77 bits per heavy atom. The number of ketones is 2. The maximum atomic E-state index is 12.4. The van der Waals surface area contributed by atoms with Crippen LogP contribution in [-0.2, 0) is 0 Å². The topological polar surface area (TPSA) is 34.1 Å². The lowest BCUT2D eigenvalue weighted by Gasteiger charge is -2.20. The zero-order chi connectivity index (χ0) is 19.4. The van der Waals surface area contributed by atoms with Crippen LogP contribution < -0.4 is 0 Å². The molecule has 0 amide bonds. The summed E-state index contributed by atoms with van der Waals surface area (Å²) in [6.45, 7) is 9.02. The molecule has 134 valence electrons. The molecule has 0 spiro atoms. The van der Waals surface area contributed by atoms with Crippen molar-refractivity contribution in [2.24, 2.45) is 5.41 Å². The monoisotopic (exact) mass is 346 g/mol. The van der Waals surface area contributed by atoms with Crippen LogP contribution in [0.2, 0.25) is 0 Å². The lowest BCUT2D eigenvalue weighted by atomic mass is 9.81. The molecule has 0 fully saturated rings. The summed E-state index contributed by atoms with van der Waals surface area (Å²) >= 11 is 0. The van der Waals surface area contributed by atoms with E-state index in [2.05, 4.69) is 6.58 Å². The summed E-state index contributed by atoms with van der Waals surface area (Å²) in [5.41, 5.74) is 0.893. The van der Waals surface area contributed by atoms with Gasteiger partial charge in [0.25, 0.3) is 0 Å². The quantitative estimate of drug-likeness (QED) is 0.361. The van der Waals surface area contributed by atoms with Crippen LogP contribution in [0.25, 0.3) is 0 Å². The van der Waals surface area contributed by atoms with Gasteiger partial charge in [-0.15, -0.1) is 0 Å². The predicted octanol–water partition coefficient (Wildman–Crippen LogP) is 6.08. The Kier molecular flexibility index (Phi) is 8.72. The minimum Gasteiger partial charge on any atom is -0.295 e. The van der Waals surface area contributed by atoms with E-state index in [1.807, 2.05) is 92.7 Å². The Labute approximate surface area is 156 Å². The molecule has 1 unspecified atom stereocenters. The van der Waals surface area contributed by atoms with E-state index in [1.54, 1.807) is 19.1 Å². The fourth-order valence-corrected chi connectivity index (χ4v) is 2.39. The molecule has 0 heterocycles. The van der Waals surface area contributed by atoms with E-state index in [1.165, 1.54) is 0 Å². The van der Waals surface area contributed by atoms with Crippen LogP contribution in [0.5, 0.6) is 0 Å². The fourth-order valence-electron chi connectivity index (χ4n) is 2.39. The molecule has 0 N–H and O–H groups in total. The van der Waals surface area contributed by atoms with Gasteiger partial charge in [-0.1, -0.05) is 97.6 Å². The number of Topliss-reactive ketones (excluding diaryl/α,β-unsaturated/α-hetero) is 2. The van der Waals surface area contributed by atoms with Gasteiger partial charge < -0.3 is 0 Å². The Morgan fingerprint density at radius 1 is 0.885 bits per heavy atom. The second-order valence-corrected chi connectivity index (χ2v) is 5.99. The normalized spacial score (nSPS) is 12.9. The van der Waals surface area contributed by atoms with Gasteiger partial charge in [0.2, 0.25) is 0 Å². The average molecular weight is 346 g/mol. The molecule has 2 nitrogen and oxygen atoms in total. The van der Waals surface area contributed by atoms with Gasteiger partial charge in [-0.25, -0.2) is 0 Å². The molecule has 0 aliphatic rings. The number of allylic oxidation sites excluding steroid dienone is 5. The van der Waals surface area contributed by atoms with Crippen molar-refractivity contribution in [1.82, 2.24) is 0 Å². The Morgan fingerprint density at radius 2 is 1.38 bits per heavy atom. The standard InChI is InChI=1S/C16H18O.C8H8O/c1-4-6-13-16(3,12-5-2)15(17)14-10-8-7-9-11-14;1-7(9)8-5-3-2-4-6-8/h4-13H,1H2,2-3H3;2-6H,1H3/b12-5-,13-6-;. The summed E-state index contributed by atoms with van der Waals surface area (Å²) in [6.07, 6.45) is 9.16. The van der Waals surface area contributed by atoms with Crippen molar-refractivity contribution in [3.8, 4) is 0 Å². The van der Waals surface area contributed by atoms with Crippen LogP contribution in [0, 0.1) is 5.41 Å². The summed E-state index contributed by atoms with van der Waals surface area (Å²) in [5, 5.41) is 0. The SMILES string of the molecule is C=C/C=C\C(C)(/C=C\C)C(=O)c1ccccc1.CC(=O)c1ccccc1. The predicted molar refractivity (Wildman–Crippen MR) is 109 cm³/mol. The van der Waals surface area contributed by atoms with Gasteiger partial charge >= 0.3 is 0 Å². The second kappa shape index (κ2) is 10.8. The smallest absolute Gasteiger partial charge is 0.176 e. The van der Waals surface area contributed by atoms with E-state index in [0.717, 1.165) is 11.1 Å². The van der Waals surface area contributed by atoms with Crippen LogP contribution in [0.4, 0.5) is 0 Å². The highest BCUT2D eigenvalue weighted by atomic mass is 16.1. The third-order valence-corrected chi connectivity index (χ3v) is 3.80. The van der Waals surface area contributed by atoms with Gasteiger partial charge in [0.15, 0.2) is 11.6 Å². The number of benzene rings is 2. The summed E-state index contributed by atoms with van der Waals surface area (Å²) in [6, 6.07) is 18.6. The van der Waals surface area contributed by atoms with Gasteiger partial charge in [0.05, 0.1) is 5.41 Å². The van der Waals surface area contributed by atoms with Crippen LogP contribution in [0.3, 0.4) is 0 Å². The van der Waals surface area contributed by atoms with Gasteiger partial charge in [0.1, 0.15) is 0 Å². The lowest BCUT2D eigenvalue weighted by Crippen LogP contribution is -2.23. The first-order chi connectivity index (χ1) is 12.4. The number of hydrogen-bond donors (Lipinski definition) is 0. The summed E-state index contributed by atoms with van der Waals surface area (Å²) in [5.74, 6) is 0.213. The molecule has 0 saturated carbocycles. The molecular formula is C24H26O2. The Balaban J connectivity index is 0.000000314. The molecule has 0 aliphatic carbocycles. The highest BCUT2D eigenvalue weighted by Crippen LogP contribution is 2.26.